The number of nitrogens with two attached hydrogens (primary N) is 1. The van der Waals surface area contributed by atoms with E-state index in [1.165, 1.54) is 10.5 Å². The maximum atomic E-state index is 5.63. The molecule has 0 spiro atoms. The Bertz CT molecular complexity index is 284. The predicted octanol–water partition coefficient (Wildman–Crippen LogP) is 2.19. The van der Waals surface area contributed by atoms with Crippen LogP contribution in [0.5, 0.6) is 0 Å². The summed E-state index contributed by atoms with van der Waals surface area (Å²) in [4.78, 5) is 3.59. The van der Waals surface area contributed by atoms with Crippen LogP contribution in [0, 0.1) is 0 Å². The highest BCUT2D eigenvalue weighted by Crippen LogP contribution is 2.15. The smallest absolute Gasteiger partial charge is 0.0234 e. The van der Waals surface area contributed by atoms with E-state index in [0.717, 1.165) is 6.54 Å². The molecule has 0 amide bonds. The summed E-state index contributed by atoms with van der Waals surface area (Å²) < 4.78 is 0. The lowest BCUT2D eigenvalue weighted by atomic mass is 10.2. The molecular weight excluding hydrogens is 204 g/mol. The molecule has 0 aliphatic rings. The van der Waals surface area contributed by atoms with Gasteiger partial charge in [-0.05, 0) is 37.9 Å². The van der Waals surface area contributed by atoms with Gasteiger partial charge >= 0.3 is 0 Å². The Morgan fingerprint density at radius 1 is 1.33 bits per heavy atom. The van der Waals surface area contributed by atoms with Gasteiger partial charge in [0.1, 0.15) is 0 Å². The topological polar surface area (TPSA) is 29.3 Å². The molecule has 15 heavy (non-hydrogen) atoms. The van der Waals surface area contributed by atoms with E-state index in [9.17, 15) is 0 Å². The number of nitrogens with zero attached hydrogens (tertiary/aromatic N) is 1. The van der Waals surface area contributed by atoms with E-state index < -0.39 is 0 Å². The molecule has 0 saturated carbocycles. The quantitative estimate of drug-likeness (QED) is 0.777. The van der Waals surface area contributed by atoms with Gasteiger partial charge in [-0.3, -0.25) is 4.90 Å². The highest BCUT2D eigenvalue weighted by molar-refractivity contribution is 7.98. The fourth-order valence-corrected chi connectivity index (χ4v) is 1.76. The Hall–Kier alpha value is -0.510. The van der Waals surface area contributed by atoms with E-state index in [1.807, 2.05) is 0 Å². The Balaban J connectivity index is 2.57. The zero-order valence-corrected chi connectivity index (χ0v) is 10.6. The lowest BCUT2D eigenvalue weighted by Crippen LogP contribution is -2.34. The molecule has 84 valence electrons. The molecule has 0 aliphatic carbocycles. The van der Waals surface area contributed by atoms with Gasteiger partial charge in [-0.25, -0.2) is 0 Å². The van der Waals surface area contributed by atoms with Crippen LogP contribution < -0.4 is 5.73 Å². The summed E-state index contributed by atoms with van der Waals surface area (Å²) in [7, 11) is 2.11. The van der Waals surface area contributed by atoms with Crippen LogP contribution in [0.25, 0.3) is 0 Å². The first-order chi connectivity index (χ1) is 7.17. The molecule has 0 saturated heterocycles. The summed E-state index contributed by atoms with van der Waals surface area (Å²) in [6.45, 7) is 3.82. The minimum Gasteiger partial charge on any atom is -0.329 e. The molecule has 0 aromatic heterocycles. The summed E-state index contributed by atoms with van der Waals surface area (Å²) in [6, 6.07) is 9.14. The highest BCUT2D eigenvalue weighted by atomic mass is 32.2. The Morgan fingerprint density at radius 2 is 1.93 bits per heavy atom. The van der Waals surface area contributed by atoms with Gasteiger partial charge in [-0.15, -0.1) is 11.8 Å². The van der Waals surface area contributed by atoms with Crippen molar-refractivity contribution in [1.82, 2.24) is 4.90 Å². The third kappa shape index (κ3) is 3.86. The summed E-state index contributed by atoms with van der Waals surface area (Å²) in [6.07, 6.45) is 2.09. The van der Waals surface area contributed by atoms with Gasteiger partial charge in [-0.2, -0.15) is 0 Å². The average molecular weight is 224 g/mol. The van der Waals surface area contributed by atoms with Crippen molar-refractivity contribution >= 4 is 11.8 Å². The number of thioether (sulfide) groups is 1. The van der Waals surface area contributed by atoms with Crippen LogP contribution in [0.3, 0.4) is 0 Å². The number of hydrogen-bond donors (Lipinski definition) is 1. The SMILES string of the molecule is CSc1ccc(CN(C)C(C)CN)cc1. The summed E-state index contributed by atoms with van der Waals surface area (Å²) in [5, 5.41) is 0. The first-order valence-corrected chi connectivity index (χ1v) is 6.43. The first kappa shape index (κ1) is 12.6. The van der Waals surface area contributed by atoms with Crippen molar-refractivity contribution in [2.75, 3.05) is 19.8 Å². The number of likely N-dealkylation sites (N-methyl/N-ethyl adjacent to an activating group) is 1. The van der Waals surface area contributed by atoms with E-state index in [-0.39, 0.29) is 0 Å². The van der Waals surface area contributed by atoms with E-state index in [4.69, 9.17) is 5.73 Å². The predicted molar refractivity (Wildman–Crippen MR) is 68.2 cm³/mol. The zero-order valence-electron chi connectivity index (χ0n) is 9.73. The van der Waals surface area contributed by atoms with Crippen molar-refractivity contribution in [3.8, 4) is 0 Å². The molecule has 0 heterocycles. The maximum absolute atomic E-state index is 5.63. The second kappa shape index (κ2) is 6.16. The van der Waals surface area contributed by atoms with E-state index >= 15 is 0 Å². The molecule has 0 radical (unpaired) electrons. The van der Waals surface area contributed by atoms with Crippen molar-refractivity contribution in [3.05, 3.63) is 29.8 Å². The standard InChI is InChI=1S/C12H20N2S/c1-10(8-13)14(2)9-11-4-6-12(15-3)7-5-11/h4-7,10H,8-9,13H2,1-3H3. The highest BCUT2D eigenvalue weighted by Gasteiger charge is 2.06. The molecule has 2 N–H and O–H groups in total. The zero-order chi connectivity index (χ0) is 11.3. The van der Waals surface area contributed by atoms with Crippen molar-refractivity contribution in [1.29, 1.82) is 0 Å². The molecular formula is C12H20N2S. The molecule has 1 aromatic rings. The number of benzene rings is 1. The normalized spacial score (nSPS) is 13.1. The van der Waals surface area contributed by atoms with Crippen molar-refractivity contribution < 1.29 is 0 Å². The molecule has 1 rings (SSSR count). The van der Waals surface area contributed by atoms with Gasteiger partial charge in [0.25, 0.3) is 0 Å². The molecule has 0 bridgehead atoms. The third-order valence-electron chi connectivity index (χ3n) is 2.68. The molecule has 2 nitrogen and oxygen atoms in total. The third-order valence-corrected chi connectivity index (χ3v) is 3.43. The second-order valence-corrected chi connectivity index (χ2v) is 4.73. The van der Waals surface area contributed by atoms with Crippen LogP contribution in [-0.2, 0) is 6.54 Å². The molecule has 1 atom stereocenters. The fourth-order valence-electron chi connectivity index (χ4n) is 1.35. The minimum atomic E-state index is 0.435. The second-order valence-electron chi connectivity index (χ2n) is 3.85. The lowest BCUT2D eigenvalue weighted by molar-refractivity contribution is 0.255. The Morgan fingerprint density at radius 3 is 2.40 bits per heavy atom. The molecule has 0 fully saturated rings. The van der Waals surface area contributed by atoms with Gasteiger partial charge in [0, 0.05) is 24.0 Å². The molecule has 1 unspecified atom stereocenters. The van der Waals surface area contributed by atoms with E-state index in [1.54, 1.807) is 11.8 Å². The first-order valence-electron chi connectivity index (χ1n) is 5.20. The number of hydrogen-bond acceptors (Lipinski definition) is 3. The number of rotatable bonds is 5. The molecule has 1 aromatic carbocycles. The lowest BCUT2D eigenvalue weighted by Gasteiger charge is -2.23. The van der Waals surface area contributed by atoms with Gasteiger partial charge in [0.2, 0.25) is 0 Å². The molecule has 0 aliphatic heterocycles. The average Bonchev–Trinajstić information content (AvgIpc) is 2.29. The van der Waals surface area contributed by atoms with Crippen LogP contribution >= 0.6 is 11.8 Å². The van der Waals surface area contributed by atoms with Crippen LogP contribution in [0.4, 0.5) is 0 Å². The van der Waals surface area contributed by atoms with Crippen LogP contribution in [-0.4, -0.2) is 30.8 Å². The van der Waals surface area contributed by atoms with Gasteiger partial charge in [-0.1, -0.05) is 12.1 Å². The fraction of sp³-hybridized carbons (Fsp3) is 0.500. The largest absolute Gasteiger partial charge is 0.329 e. The van der Waals surface area contributed by atoms with Crippen molar-refractivity contribution in [2.24, 2.45) is 5.73 Å². The Kier molecular flexibility index (Phi) is 5.15. The Labute approximate surface area is 96.8 Å². The summed E-state index contributed by atoms with van der Waals surface area (Å²) >= 11 is 1.77. The minimum absolute atomic E-state index is 0.435. The summed E-state index contributed by atoms with van der Waals surface area (Å²) in [5.41, 5.74) is 6.97. The molecule has 3 heteroatoms. The van der Waals surface area contributed by atoms with Gasteiger partial charge in [0.05, 0.1) is 0 Å². The van der Waals surface area contributed by atoms with Crippen LogP contribution in [0.1, 0.15) is 12.5 Å². The van der Waals surface area contributed by atoms with Crippen molar-refractivity contribution in [3.63, 3.8) is 0 Å². The van der Waals surface area contributed by atoms with Crippen LogP contribution in [0.15, 0.2) is 29.2 Å². The van der Waals surface area contributed by atoms with Gasteiger partial charge in [0.15, 0.2) is 0 Å². The maximum Gasteiger partial charge on any atom is 0.0234 e. The monoisotopic (exact) mass is 224 g/mol. The van der Waals surface area contributed by atoms with Gasteiger partial charge < -0.3 is 5.73 Å². The van der Waals surface area contributed by atoms with Crippen molar-refractivity contribution in [2.45, 2.75) is 24.4 Å². The summed E-state index contributed by atoms with van der Waals surface area (Å²) in [5.74, 6) is 0. The van der Waals surface area contributed by atoms with E-state index in [2.05, 4.69) is 49.4 Å². The van der Waals surface area contributed by atoms with Crippen LogP contribution in [0.2, 0.25) is 0 Å². The van der Waals surface area contributed by atoms with E-state index in [0.29, 0.717) is 12.6 Å².